The van der Waals surface area contributed by atoms with Crippen LogP contribution >= 0.6 is 0 Å². The Hall–Kier alpha value is -2.05. The molecule has 3 N–H and O–H groups in total. The second kappa shape index (κ2) is 6.60. The van der Waals surface area contributed by atoms with Crippen molar-refractivity contribution in [2.75, 3.05) is 13.1 Å². The predicted octanol–water partition coefficient (Wildman–Crippen LogP) is 1.18. The van der Waals surface area contributed by atoms with Gasteiger partial charge in [-0.15, -0.1) is 6.58 Å². The summed E-state index contributed by atoms with van der Waals surface area (Å²) < 4.78 is 5.23. The van der Waals surface area contributed by atoms with Crippen LogP contribution in [0.5, 0.6) is 0 Å². The van der Waals surface area contributed by atoms with Crippen molar-refractivity contribution in [1.82, 2.24) is 10.2 Å². The molecule has 0 saturated carbocycles. The fraction of sp³-hybridized carbons (Fsp3) is 0.688. The SMILES string of the molecule is C=C(C)CC(C)C(=O)NC1(C(N)=O)CN(C(=O)OC(C)(C)C)C1. The highest BCUT2D eigenvalue weighted by atomic mass is 16.6. The number of hydrogen-bond donors (Lipinski definition) is 2. The standard InChI is InChI=1S/C16H27N3O4/c1-10(2)7-11(3)12(20)18-16(13(17)21)8-19(9-16)14(22)23-15(4,5)6/h11H,1,7-9H2,2-6H3,(H2,17,21)(H,18,20). The van der Waals surface area contributed by atoms with Crippen LogP contribution in [-0.4, -0.2) is 47.0 Å². The van der Waals surface area contributed by atoms with E-state index >= 15 is 0 Å². The fourth-order valence-electron chi connectivity index (χ4n) is 2.33. The summed E-state index contributed by atoms with van der Waals surface area (Å²) >= 11 is 0. The summed E-state index contributed by atoms with van der Waals surface area (Å²) in [5, 5.41) is 2.68. The molecule has 23 heavy (non-hydrogen) atoms. The van der Waals surface area contributed by atoms with Gasteiger partial charge in [-0.25, -0.2) is 4.79 Å². The monoisotopic (exact) mass is 325 g/mol. The molecule has 1 aliphatic heterocycles. The van der Waals surface area contributed by atoms with Crippen LogP contribution < -0.4 is 11.1 Å². The Labute approximate surface area is 137 Å². The molecule has 0 bridgehead atoms. The average Bonchev–Trinajstić information content (AvgIpc) is 2.28. The minimum Gasteiger partial charge on any atom is -0.444 e. The number of allylic oxidation sites excluding steroid dienone is 1. The number of carbonyl (C=O) groups excluding carboxylic acids is 3. The summed E-state index contributed by atoms with van der Waals surface area (Å²) in [5.41, 5.74) is 4.45. The number of likely N-dealkylation sites (tertiary alicyclic amines) is 1. The van der Waals surface area contributed by atoms with E-state index < -0.39 is 23.1 Å². The summed E-state index contributed by atoms with van der Waals surface area (Å²) in [6.07, 6.45) is -0.00481. The van der Waals surface area contributed by atoms with Gasteiger partial charge in [-0.2, -0.15) is 0 Å². The number of carbonyl (C=O) groups is 3. The number of rotatable bonds is 5. The first-order chi connectivity index (χ1) is 10.4. The Bertz CT molecular complexity index is 516. The lowest BCUT2D eigenvalue weighted by atomic mass is 9.88. The van der Waals surface area contributed by atoms with Gasteiger partial charge < -0.3 is 20.7 Å². The normalized spacial score (nSPS) is 17.7. The lowest BCUT2D eigenvalue weighted by molar-refractivity contribution is -0.139. The van der Waals surface area contributed by atoms with Crippen LogP contribution in [0.4, 0.5) is 4.79 Å². The number of nitrogens with two attached hydrogens (primary N) is 1. The number of ether oxygens (including phenoxy) is 1. The molecule has 0 aliphatic carbocycles. The highest BCUT2D eigenvalue weighted by Crippen LogP contribution is 2.24. The summed E-state index contributed by atoms with van der Waals surface area (Å²) in [6.45, 7) is 12.7. The van der Waals surface area contributed by atoms with E-state index in [4.69, 9.17) is 10.5 Å². The third kappa shape index (κ3) is 4.97. The second-order valence-corrected chi connectivity index (χ2v) is 7.33. The van der Waals surface area contributed by atoms with Gasteiger partial charge in [0.15, 0.2) is 5.54 Å². The smallest absolute Gasteiger partial charge is 0.410 e. The molecular formula is C16H27N3O4. The largest absolute Gasteiger partial charge is 0.444 e. The van der Waals surface area contributed by atoms with E-state index in [1.807, 2.05) is 6.92 Å². The number of hydrogen-bond acceptors (Lipinski definition) is 4. The zero-order valence-corrected chi connectivity index (χ0v) is 14.6. The molecule has 1 heterocycles. The van der Waals surface area contributed by atoms with Gasteiger partial charge in [-0.3, -0.25) is 9.59 Å². The predicted molar refractivity (Wildman–Crippen MR) is 86.5 cm³/mol. The van der Waals surface area contributed by atoms with Crippen LogP contribution in [-0.2, 0) is 14.3 Å². The molecule has 1 unspecified atom stereocenters. The first kappa shape index (κ1) is 19.0. The molecule has 1 saturated heterocycles. The van der Waals surface area contributed by atoms with E-state index in [1.165, 1.54) is 4.90 Å². The molecule has 0 spiro atoms. The molecule has 7 nitrogen and oxygen atoms in total. The first-order valence-corrected chi connectivity index (χ1v) is 7.60. The Morgan fingerprint density at radius 2 is 1.87 bits per heavy atom. The zero-order chi connectivity index (χ0) is 18.0. The Kier molecular flexibility index (Phi) is 5.45. The summed E-state index contributed by atoms with van der Waals surface area (Å²) in [7, 11) is 0. The van der Waals surface area contributed by atoms with Crippen LogP contribution in [0.2, 0.25) is 0 Å². The first-order valence-electron chi connectivity index (χ1n) is 7.60. The van der Waals surface area contributed by atoms with E-state index in [1.54, 1.807) is 27.7 Å². The molecule has 0 aromatic carbocycles. The van der Waals surface area contributed by atoms with E-state index in [0.717, 1.165) is 5.57 Å². The summed E-state index contributed by atoms with van der Waals surface area (Å²) in [6, 6.07) is 0. The molecule has 1 rings (SSSR count). The van der Waals surface area contributed by atoms with Gasteiger partial charge in [0.2, 0.25) is 11.8 Å². The third-order valence-corrected chi connectivity index (χ3v) is 3.51. The van der Waals surface area contributed by atoms with Crippen molar-refractivity contribution in [2.24, 2.45) is 11.7 Å². The maximum absolute atomic E-state index is 12.2. The van der Waals surface area contributed by atoms with Crippen molar-refractivity contribution < 1.29 is 19.1 Å². The second-order valence-electron chi connectivity index (χ2n) is 7.33. The van der Waals surface area contributed by atoms with Crippen LogP contribution in [0, 0.1) is 5.92 Å². The van der Waals surface area contributed by atoms with Gasteiger partial charge in [-0.05, 0) is 34.1 Å². The number of primary amides is 1. The van der Waals surface area contributed by atoms with Crippen LogP contribution in [0.25, 0.3) is 0 Å². The van der Waals surface area contributed by atoms with Crippen LogP contribution in [0.15, 0.2) is 12.2 Å². The van der Waals surface area contributed by atoms with E-state index in [2.05, 4.69) is 11.9 Å². The molecule has 7 heteroatoms. The van der Waals surface area contributed by atoms with Gasteiger partial charge >= 0.3 is 6.09 Å². The molecule has 1 atom stereocenters. The van der Waals surface area contributed by atoms with Crippen molar-refractivity contribution in [3.63, 3.8) is 0 Å². The highest BCUT2D eigenvalue weighted by molar-refractivity contribution is 5.94. The summed E-state index contributed by atoms with van der Waals surface area (Å²) in [4.78, 5) is 37.2. The quantitative estimate of drug-likeness (QED) is 0.741. The van der Waals surface area contributed by atoms with Gasteiger partial charge in [0.1, 0.15) is 5.60 Å². The van der Waals surface area contributed by atoms with Gasteiger partial charge in [-0.1, -0.05) is 12.5 Å². The lowest BCUT2D eigenvalue weighted by Gasteiger charge is -2.48. The van der Waals surface area contributed by atoms with Crippen molar-refractivity contribution in [3.8, 4) is 0 Å². The zero-order valence-electron chi connectivity index (χ0n) is 14.6. The maximum atomic E-state index is 12.2. The third-order valence-electron chi connectivity index (χ3n) is 3.51. The minimum absolute atomic E-state index is 0.0166. The Morgan fingerprint density at radius 1 is 1.35 bits per heavy atom. The number of nitrogens with one attached hydrogen (secondary N) is 1. The average molecular weight is 325 g/mol. The Balaban J connectivity index is 2.68. The number of amides is 3. The molecule has 1 fully saturated rings. The minimum atomic E-state index is -1.22. The highest BCUT2D eigenvalue weighted by Gasteiger charge is 2.52. The molecule has 0 aromatic heterocycles. The van der Waals surface area contributed by atoms with Gasteiger partial charge in [0, 0.05) is 5.92 Å². The molecule has 130 valence electrons. The van der Waals surface area contributed by atoms with E-state index in [-0.39, 0.29) is 24.9 Å². The van der Waals surface area contributed by atoms with Crippen molar-refractivity contribution in [1.29, 1.82) is 0 Å². The van der Waals surface area contributed by atoms with Gasteiger partial charge in [0.05, 0.1) is 13.1 Å². The molecule has 1 aliphatic rings. The lowest BCUT2D eigenvalue weighted by Crippen LogP contribution is -2.77. The van der Waals surface area contributed by atoms with Crippen molar-refractivity contribution in [2.45, 2.75) is 52.2 Å². The van der Waals surface area contributed by atoms with Crippen molar-refractivity contribution in [3.05, 3.63) is 12.2 Å². The Morgan fingerprint density at radius 3 is 2.26 bits per heavy atom. The van der Waals surface area contributed by atoms with Gasteiger partial charge in [0.25, 0.3) is 0 Å². The topological polar surface area (TPSA) is 102 Å². The molecule has 0 aromatic rings. The van der Waals surface area contributed by atoms with Crippen LogP contribution in [0.3, 0.4) is 0 Å². The fourth-order valence-corrected chi connectivity index (χ4v) is 2.33. The molecular weight excluding hydrogens is 298 g/mol. The summed E-state index contributed by atoms with van der Waals surface area (Å²) in [5.74, 6) is -1.26. The maximum Gasteiger partial charge on any atom is 0.410 e. The molecule has 3 amide bonds. The molecule has 0 radical (unpaired) electrons. The number of nitrogens with zero attached hydrogens (tertiary/aromatic N) is 1. The van der Waals surface area contributed by atoms with E-state index in [0.29, 0.717) is 6.42 Å². The van der Waals surface area contributed by atoms with E-state index in [9.17, 15) is 14.4 Å². The van der Waals surface area contributed by atoms with Crippen LogP contribution in [0.1, 0.15) is 41.0 Å². The van der Waals surface area contributed by atoms with Crippen molar-refractivity contribution >= 4 is 17.9 Å².